The number of rotatable bonds is 2. The summed E-state index contributed by atoms with van der Waals surface area (Å²) >= 11 is 11.6. The highest BCUT2D eigenvalue weighted by Crippen LogP contribution is 2.28. The van der Waals surface area contributed by atoms with Gasteiger partial charge in [-0.2, -0.15) is 0 Å². The Hall–Kier alpha value is -1.45. The van der Waals surface area contributed by atoms with Gasteiger partial charge in [0.1, 0.15) is 16.7 Å². The molecular weight excluding hydrogens is 247 g/mol. The van der Waals surface area contributed by atoms with Gasteiger partial charge in [0.15, 0.2) is 0 Å². The quantitative estimate of drug-likeness (QED) is 0.656. The van der Waals surface area contributed by atoms with E-state index in [-0.39, 0.29) is 0 Å². The molecule has 0 amide bonds. The molecule has 0 aliphatic heterocycles. The van der Waals surface area contributed by atoms with E-state index in [0.717, 1.165) is 0 Å². The highest BCUT2D eigenvalue weighted by atomic mass is 35.5. The van der Waals surface area contributed by atoms with Crippen LogP contribution in [0.25, 0.3) is 0 Å². The first-order valence-corrected chi connectivity index (χ1v) is 5.25. The molecule has 0 atom stereocenters. The average Bonchev–Trinajstić information content (AvgIpc) is 2.24. The lowest BCUT2D eigenvalue weighted by Crippen LogP contribution is -1.88. The minimum absolute atomic E-state index is 0.374. The van der Waals surface area contributed by atoms with Crippen molar-refractivity contribution in [1.82, 2.24) is 4.98 Å². The Morgan fingerprint density at radius 3 is 2.50 bits per heavy atom. The monoisotopic (exact) mass is 254 g/mol. The van der Waals surface area contributed by atoms with Crippen LogP contribution in [0.2, 0.25) is 10.2 Å². The van der Waals surface area contributed by atoms with Gasteiger partial charge in [-0.15, -0.1) is 0 Å². The van der Waals surface area contributed by atoms with Gasteiger partial charge in [0, 0.05) is 18.3 Å². The van der Waals surface area contributed by atoms with E-state index in [0.29, 0.717) is 27.4 Å². The number of pyridine rings is 1. The van der Waals surface area contributed by atoms with Crippen molar-refractivity contribution in [3.63, 3.8) is 0 Å². The summed E-state index contributed by atoms with van der Waals surface area (Å²) in [5.41, 5.74) is 6.10. The van der Waals surface area contributed by atoms with Crippen LogP contribution < -0.4 is 10.5 Å². The fourth-order valence-electron chi connectivity index (χ4n) is 1.16. The van der Waals surface area contributed by atoms with Gasteiger partial charge in [-0.05, 0) is 18.2 Å². The molecule has 0 radical (unpaired) electrons. The second-order valence-corrected chi connectivity index (χ2v) is 3.89. The number of anilines is 1. The maximum absolute atomic E-state index is 5.87. The summed E-state index contributed by atoms with van der Waals surface area (Å²) in [6.45, 7) is 0. The third kappa shape index (κ3) is 2.56. The summed E-state index contributed by atoms with van der Waals surface area (Å²) in [4.78, 5) is 3.85. The molecule has 3 nitrogen and oxygen atoms in total. The zero-order valence-electron chi connectivity index (χ0n) is 8.15. The maximum atomic E-state index is 5.87. The lowest BCUT2D eigenvalue weighted by molar-refractivity contribution is 0.482. The molecule has 0 fully saturated rings. The summed E-state index contributed by atoms with van der Waals surface area (Å²) in [6, 6.07) is 8.38. The molecule has 0 saturated carbocycles. The second-order valence-electron chi connectivity index (χ2n) is 3.10. The number of benzene rings is 1. The highest BCUT2D eigenvalue weighted by Gasteiger charge is 2.01. The van der Waals surface area contributed by atoms with Gasteiger partial charge in [0.25, 0.3) is 0 Å². The summed E-state index contributed by atoms with van der Waals surface area (Å²) in [5, 5.41) is 0.830. The zero-order valence-corrected chi connectivity index (χ0v) is 9.66. The van der Waals surface area contributed by atoms with Crippen molar-refractivity contribution in [2.24, 2.45) is 0 Å². The van der Waals surface area contributed by atoms with Gasteiger partial charge >= 0.3 is 0 Å². The summed E-state index contributed by atoms with van der Waals surface area (Å²) in [7, 11) is 0. The van der Waals surface area contributed by atoms with Crippen LogP contribution >= 0.6 is 23.2 Å². The smallest absolute Gasteiger partial charge is 0.132 e. The van der Waals surface area contributed by atoms with Gasteiger partial charge in [0.2, 0.25) is 0 Å². The highest BCUT2D eigenvalue weighted by molar-refractivity contribution is 6.33. The van der Waals surface area contributed by atoms with Crippen molar-refractivity contribution >= 4 is 28.9 Å². The Labute approximate surface area is 103 Å². The fraction of sp³-hybridized carbons (Fsp3) is 0. The molecule has 82 valence electrons. The van der Waals surface area contributed by atoms with Gasteiger partial charge in [-0.3, -0.25) is 0 Å². The van der Waals surface area contributed by atoms with Crippen molar-refractivity contribution in [2.75, 3.05) is 5.73 Å². The SMILES string of the molecule is Nc1ccc(Oc2ccnc(Cl)c2)cc1Cl. The summed E-state index contributed by atoms with van der Waals surface area (Å²) in [6.07, 6.45) is 1.57. The predicted octanol–water partition coefficient (Wildman–Crippen LogP) is 3.76. The van der Waals surface area contributed by atoms with Crippen molar-refractivity contribution in [2.45, 2.75) is 0 Å². The van der Waals surface area contributed by atoms with Crippen molar-refractivity contribution in [3.8, 4) is 11.5 Å². The number of nitrogen functional groups attached to an aromatic ring is 1. The third-order valence-corrected chi connectivity index (χ3v) is 2.44. The molecule has 0 aliphatic carbocycles. The van der Waals surface area contributed by atoms with E-state index in [1.165, 1.54) is 0 Å². The van der Waals surface area contributed by atoms with Crippen LogP contribution in [-0.2, 0) is 0 Å². The van der Waals surface area contributed by atoms with Gasteiger partial charge in [0.05, 0.1) is 10.7 Å². The average molecular weight is 255 g/mol. The fourth-order valence-corrected chi connectivity index (χ4v) is 1.49. The molecule has 5 heteroatoms. The van der Waals surface area contributed by atoms with Gasteiger partial charge in [-0.25, -0.2) is 4.98 Å². The number of nitrogens with zero attached hydrogens (tertiary/aromatic N) is 1. The molecule has 2 aromatic rings. The molecular formula is C11H8Cl2N2O. The molecule has 0 aliphatic rings. The number of hydrogen-bond acceptors (Lipinski definition) is 3. The van der Waals surface area contributed by atoms with Gasteiger partial charge < -0.3 is 10.5 Å². The lowest BCUT2D eigenvalue weighted by atomic mass is 10.3. The van der Waals surface area contributed by atoms with Crippen LogP contribution in [0.15, 0.2) is 36.5 Å². The molecule has 0 saturated heterocycles. The Bertz CT molecular complexity index is 517. The van der Waals surface area contributed by atoms with E-state index in [1.807, 2.05) is 0 Å². The van der Waals surface area contributed by atoms with E-state index >= 15 is 0 Å². The van der Waals surface area contributed by atoms with E-state index in [1.54, 1.807) is 36.5 Å². The summed E-state index contributed by atoms with van der Waals surface area (Å²) < 4.78 is 5.53. The van der Waals surface area contributed by atoms with E-state index in [9.17, 15) is 0 Å². The molecule has 2 N–H and O–H groups in total. The van der Waals surface area contributed by atoms with E-state index in [2.05, 4.69) is 4.98 Å². The zero-order chi connectivity index (χ0) is 11.5. The molecule has 2 rings (SSSR count). The second kappa shape index (κ2) is 4.60. The largest absolute Gasteiger partial charge is 0.457 e. The number of halogens is 2. The number of nitrogens with two attached hydrogens (primary N) is 1. The van der Waals surface area contributed by atoms with Crippen LogP contribution in [0.5, 0.6) is 11.5 Å². The van der Waals surface area contributed by atoms with Crippen LogP contribution in [0.3, 0.4) is 0 Å². The Morgan fingerprint density at radius 2 is 1.81 bits per heavy atom. The van der Waals surface area contributed by atoms with Crippen LogP contribution in [-0.4, -0.2) is 4.98 Å². The minimum atomic E-state index is 0.374. The maximum Gasteiger partial charge on any atom is 0.132 e. The molecule has 16 heavy (non-hydrogen) atoms. The Morgan fingerprint density at radius 1 is 1.06 bits per heavy atom. The first kappa shape index (κ1) is 11.0. The first-order chi connectivity index (χ1) is 7.65. The van der Waals surface area contributed by atoms with Crippen LogP contribution in [0.1, 0.15) is 0 Å². The van der Waals surface area contributed by atoms with E-state index < -0.39 is 0 Å². The first-order valence-electron chi connectivity index (χ1n) is 4.49. The number of ether oxygens (including phenoxy) is 1. The molecule has 0 bridgehead atoms. The molecule has 1 aromatic carbocycles. The van der Waals surface area contributed by atoms with Crippen molar-refractivity contribution in [1.29, 1.82) is 0 Å². The van der Waals surface area contributed by atoms with Crippen LogP contribution in [0.4, 0.5) is 5.69 Å². The molecule has 0 spiro atoms. The third-order valence-electron chi connectivity index (χ3n) is 1.91. The van der Waals surface area contributed by atoms with Crippen molar-refractivity contribution < 1.29 is 4.74 Å². The normalized spacial score (nSPS) is 10.1. The molecule has 1 aromatic heterocycles. The Balaban J connectivity index is 2.24. The predicted molar refractivity (Wildman–Crippen MR) is 65.2 cm³/mol. The summed E-state index contributed by atoms with van der Waals surface area (Å²) in [5.74, 6) is 1.20. The van der Waals surface area contributed by atoms with Crippen LogP contribution in [0, 0.1) is 0 Å². The molecule has 0 unspecified atom stereocenters. The van der Waals surface area contributed by atoms with Gasteiger partial charge in [-0.1, -0.05) is 23.2 Å². The van der Waals surface area contributed by atoms with Crippen molar-refractivity contribution in [3.05, 3.63) is 46.7 Å². The topological polar surface area (TPSA) is 48.1 Å². The van der Waals surface area contributed by atoms with E-state index in [4.69, 9.17) is 33.7 Å². The Kier molecular flexibility index (Phi) is 3.17. The standard InChI is InChI=1S/C11H8Cl2N2O/c12-9-5-7(1-2-10(9)14)16-8-3-4-15-11(13)6-8/h1-6H,14H2. The lowest BCUT2D eigenvalue weighted by Gasteiger charge is -2.06. The minimum Gasteiger partial charge on any atom is -0.457 e. The molecule has 1 heterocycles. The number of aromatic nitrogens is 1. The number of hydrogen-bond donors (Lipinski definition) is 1.